The lowest BCUT2D eigenvalue weighted by Crippen LogP contribution is -2.39. The highest BCUT2D eigenvalue weighted by Gasteiger charge is 2.23. The number of carbonyl (C=O) groups excluding carboxylic acids is 2. The Balaban J connectivity index is 1.96. The van der Waals surface area contributed by atoms with E-state index in [1.807, 2.05) is 0 Å². The van der Waals surface area contributed by atoms with Crippen LogP contribution in [0.5, 0.6) is 11.5 Å². The fourth-order valence-electron chi connectivity index (χ4n) is 2.83. The van der Waals surface area contributed by atoms with E-state index in [0.717, 1.165) is 10.6 Å². The Morgan fingerprint density at radius 1 is 1.06 bits per heavy atom. The average molecular weight is 506 g/mol. The second kappa shape index (κ2) is 12.2. The Hall–Kier alpha value is -3.60. The lowest BCUT2D eigenvalue weighted by atomic mass is 10.2. The van der Waals surface area contributed by atoms with Crippen molar-refractivity contribution >= 4 is 33.8 Å². The molecule has 0 aliphatic carbocycles. The van der Waals surface area contributed by atoms with E-state index in [0.29, 0.717) is 23.7 Å². The molecule has 0 aliphatic heterocycles. The molecule has 190 valence electrons. The first-order valence-corrected chi connectivity index (χ1v) is 12.7. The average Bonchev–Trinajstić information content (AvgIpc) is 2.76. The fourth-order valence-corrected chi connectivity index (χ4v) is 3.69. The summed E-state index contributed by atoms with van der Waals surface area (Å²) < 4.78 is 41.7. The van der Waals surface area contributed by atoms with Gasteiger partial charge >= 0.3 is 5.97 Å². The van der Waals surface area contributed by atoms with Gasteiger partial charge in [-0.25, -0.2) is 18.6 Å². The van der Waals surface area contributed by atoms with Gasteiger partial charge in [-0.3, -0.25) is 9.10 Å². The second-order valence-electron chi connectivity index (χ2n) is 8.41. The van der Waals surface area contributed by atoms with Crippen molar-refractivity contribution in [2.75, 3.05) is 30.3 Å². The van der Waals surface area contributed by atoms with Gasteiger partial charge in [0.25, 0.3) is 5.91 Å². The monoisotopic (exact) mass is 505 g/mol. The maximum absolute atomic E-state index is 12.4. The number of esters is 1. The molecule has 0 aromatic heterocycles. The van der Waals surface area contributed by atoms with Crippen molar-refractivity contribution in [2.24, 2.45) is 5.10 Å². The first kappa shape index (κ1) is 27.6. The summed E-state index contributed by atoms with van der Waals surface area (Å²) in [6, 6.07) is 13.2. The number of amides is 1. The zero-order chi connectivity index (χ0) is 26.1. The summed E-state index contributed by atoms with van der Waals surface area (Å²) in [6.45, 7) is 6.75. The normalized spacial score (nSPS) is 11.7. The third-order valence-electron chi connectivity index (χ3n) is 4.18. The lowest BCUT2D eigenvalue weighted by Gasteiger charge is -2.23. The van der Waals surface area contributed by atoms with Crippen LogP contribution in [0, 0.1) is 0 Å². The highest BCUT2D eigenvalue weighted by molar-refractivity contribution is 7.92. The molecule has 2 rings (SSSR count). The van der Waals surface area contributed by atoms with Crippen molar-refractivity contribution in [3.05, 3.63) is 54.1 Å². The van der Waals surface area contributed by atoms with E-state index in [9.17, 15) is 18.0 Å². The Labute approximate surface area is 205 Å². The molecule has 0 atom stereocenters. The van der Waals surface area contributed by atoms with Crippen molar-refractivity contribution in [3.8, 4) is 11.5 Å². The van der Waals surface area contributed by atoms with E-state index in [1.165, 1.54) is 6.21 Å². The summed E-state index contributed by atoms with van der Waals surface area (Å²) in [5.74, 6) is -0.285. The van der Waals surface area contributed by atoms with Crippen molar-refractivity contribution < 1.29 is 32.2 Å². The van der Waals surface area contributed by atoms with Crippen molar-refractivity contribution in [2.45, 2.75) is 33.3 Å². The van der Waals surface area contributed by atoms with Crippen LogP contribution in [0.4, 0.5) is 5.69 Å². The van der Waals surface area contributed by atoms with Crippen LogP contribution in [0.2, 0.25) is 0 Å². The van der Waals surface area contributed by atoms with Gasteiger partial charge in [0.15, 0.2) is 6.61 Å². The third kappa shape index (κ3) is 9.65. The molecule has 0 radical (unpaired) electrons. The molecule has 0 spiro atoms. The molecule has 1 N–H and O–H groups in total. The van der Waals surface area contributed by atoms with Crippen LogP contribution in [0.3, 0.4) is 0 Å². The molecule has 10 nitrogen and oxygen atoms in total. The summed E-state index contributed by atoms with van der Waals surface area (Å²) in [6.07, 6.45) is 2.41. The topological polar surface area (TPSA) is 124 Å². The molecule has 35 heavy (non-hydrogen) atoms. The summed E-state index contributed by atoms with van der Waals surface area (Å²) in [4.78, 5) is 24.1. The van der Waals surface area contributed by atoms with Crippen LogP contribution < -0.4 is 19.2 Å². The number of anilines is 1. The predicted molar refractivity (Wildman–Crippen MR) is 133 cm³/mol. The molecule has 0 saturated carbocycles. The van der Waals surface area contributed by atoms with Gasteiger partial charge in [-0.05, 0) is 69.7 Å². The van der Waals surface area contributed by atoms with Crippen LogP contribution in [-0.2, 0) is 24.3 Å². The van der Waals surface area contributed by atoms with Crippen molar-refractivity contribution in [1.82, 2.24) is 5.43 Å². The number of rotatable bonds is 11. The number of hydrazone groups is 1. The zero-order valence-electron chi connectivity index (χ0n) is 20.5. The van der Waals surface area contributed by atoms with Gasteiger partial charge in [0.2, 0.25) is 10.0 Å². The van der Waals surface area contributed by atoms with Gasteiger partial charge in [-0.2, -0.15) is 5.10 Å². The quantitative estimate of drug-likeness (QED) is 0.283. The summed E-state index contributed by atoms with van der Waals surface area (Å²) in [5, 5.41) is 3.88. The minimum absolute atomic E-state index is 0.218. The van der Waals surface area contributed by atoms with Crippen molar-refractivity contribution in [3.63, 3.8) is 0 Å². The SMILES string of the molecule is CCOc1ccccc1N(CC(=O)N/N=C\c1ccc(OCC(=O)OC(C)(C)C)cc1)S(C)(=O)=O. The van der Waals surface area contributed by atoms with E-state index in [1.54, 1.807) is 76.2 Å². The molecule has 2 aromatic rings. The zero-order valence-corrected chi connectivity index (χ0v) is 21.3. The van der Waals surface area contributed by atoms with E-state index < -0.39 is 34.0 Å². The number of carbonyl (C=O) groups is 2. The lowest BCUT2D eigenvalue weighted by molar-refractivity contribution is -0.157. The van der Waals surface area contributed by atoms with Crippen LogP contribution >= 0.6 is 0 Å². The Morgan fingerprint density at radius 3 is 2.31 bits per heavy atom. The maximum Gasteiger partial charge on any atom is 0.344 e. The third-order valence-corrected chi connectivity index (χ3v) is 5.31. The van der Waals surface area contributed by atoms with Crippen molar-refractivity contribution in [1.29, 1.82) is 0 Å². The first-order chi connectivity index (χ1) is 16.4. The molecular formula is C24H31N3O7S. The number of sulfonamides is 1. The van der Waals surface area contributed by atoms with E-state index in [-0.39, 0.29) is 12.3 Å². The Morgan fingerprint density at radius 2 is 1.71 bits per heavy atom. The highest BCUT2D eigenvalue weighted by Crippen LogP contribution is 2.29. The molecule has 0 unspecified atom stereocenters. The number of ether oxygens (including phenoxy) is 3. The minimum Gasteiger partial charge on any atom is -0.492 e. The number of hydrogen-bond donors (Lipinski definition) is 1. The molecule has 11 heteroatoms. The molecule has 0 aliphatic rings. The number of nitrogens with zero attached hydrogens (tertiary/aromatic N) is 2. The van der Waals surface area contributed by atoms with E-state index >= 15 is 0 Å². The highest BCUT2D eigenvalue weighted by atomic mass is 32.2. The molecule has 0 fully saturated rings. The van der Waals surface area contributed by atoms with Gasteiger partial charge in [-0.15, -0.1) is 0 Å². The molecule has 2 aromatic carbocycles. The van der Waals surface area contributed by atoms with Crippen LogP contribution in [0.1, 0.15) is 33.3 Å². The standard InChI is InChI=1S/C24H31N3O7S/c1-6-32-21-10-8-7-9-20(21)27(35(5,30)31)16-22(28)26-25-15-18-11-13-19(14-12-18)33-17-23(29)34-24(2,3)4/h7-15H,6,16-17H2,1-5H3,(H,26,28)/b25-15-. The van der Waals surface area contributed by atoms with Gasteiger partial charge < -0.3 is 14.2 Å². The number of benzene rings is 2. The largest absolute Gasteiger partial charge is 0.492 e. The van der Waals surface area contributed by atoms with E-state index in [2.05, 4.69) is 10.5 Å². The van der Waals surface area contributed by atoms with Crippen LogP contribution in [-0.4, -0.2) is 58.1 Å². The number of para-hydroxylation sites is 2. The Bertz CT molecular complexity index is 1140. The molecule has 0 saturated heterocycles. The molecular weight excluding hydrogens is 474 g/mol. The van der Waals surface area contributed by atoms with Gasteiger partial charge in [0, 0.05) is 0 Å². The van der Waals surface area contributed by atoms with Crippen LogP contribution in [0.15, 0.2) is 53.6 Å². The molecule has 0 heterocycles. The predicted octanol–water partition coefficient (Wildman–Crippen LogP) is 2.72. The fraction of sp³-hybridized carbons (Fsp3) is 0.375. The Kier molecular flexibility index (Phi) is 9.64. The summed E-state index contributed by atoms with van der Waals surface area (Å²) in [5.41, 5.74) is 2.65. The summed E-state index contributed by atoms with van der Waals surface area (Å²) >= 11 is 0. The van der Waals surface area contributed by atoms with Gasteiger partial charge in [0.05, 0.1) is 24.8 Å². The molecule has 1 amide bonds. The summed E-state index contributed by atoms with van der Waals surface area (Å²) in [7, 11) is -3.76. The number of hydrogen-bond acceptors (Lipinski definition) is 8. The maximum atomic E-state index is 12.4. The second-order valence-corrected chi connectivity index (χ2v) is 10.3. The van der Waals surface area contributed by atoms with Gasteiger partial charge in [-0.1, -0.05) is 12.1 Å². The van der Waals surface area contributed by atoms with Gasteiger partial charge in [0.1, 0.15) is 23.6 Å². The smallest absolute Gasteiger partial charge is 0.344 e. The minimum atomic E-state index is -3.76. The number of nitrogens with one attached hydrogen (secondary N) is 1. The van der Waals surface area contributed by atoms with Crippen LogP contribution in [0.25, 0.3) is 0 Å². The first-order valence-electron chi connectivity index (χ1n) is 10.8. The molecule has 0 bridgehead atoms. The van der Waals surface area contributed by atoms with E-state index in [4.69, 9.17) is 14.2 Å².